The van der Waals surface area contributed by atoms with Gasteiger partial charge in [0.15, 0.2) is 0 Å². The van der Waals surface area contributed by atoms with E-state index in [0.29, 0.717) is 43.1 Å². The van der Waals surface area contributed by atoms with Crippen molar-refractivity contribution < 1.29 is 14.7 Å². The van der Waals surface area contributed by atoms with Crippen molar-refractivity contribution in [2.45, 2.75) is 18.9 Å². The fraction of sp³-hybridized carbons (Fsp3) is 0.429. The maximum atomic E-state index is 11.8. The maximum absolute atomic E-state index is 11.8. The Labute approximate surface area is 122 Å². The number of carbonyl (C=O) groups is 2. The monoisotopic (exact) mass is 296 g/mol. The molecule has 0 unspecified atom stereocenters. The lowest BCUT2D eigenvalue weighted by atomic mass is 10.1. The fourth-order valence-corrected chi connectivity index (χ4v) is 2.09. The van der Waals surface area contributed by atoms with Crippen molar-refractivity contribution in [1.29, 1.82) is 0 Å². The molecule has 1 aliphatic heterocycles. The summed E-state index contributed by atoms with van der Waals surface area (Å²) in [4.78, 5) is 25.0. The molecule has 20 heavy (non-hydrogen) atoms. The number of carbonyl (C=O) groups excluding carboxylic acids is 2. The quantitative estimate of drug-likeness (QED) is 0.798. The zero-order valence-corrected chi connectivity index (χ0v) is 11.8. The molecule has 0 saturated carbocycles. The van der Waals surface area contributed by atoms with Crippen molar-refractivity contribution in [3.8, 4) is 0 Å². The average molecular weight is 297 g/mol. The van der Waals surface area contributed by atoms with Crippen LogP contribution in [-0.4, -0.2) is 47.6 Å². The molecule has 1 aliphatic rings. The number of aliphatic hydroxyl groups excluding tert-OH is 1. The van der Waals surface area contributed by atoms with Crippen LogP contribution in [0.5, 0.6) is 0 Å². The van der Waals surface area contributed by atoms with Gasteiger partial charge >= 0.3 is 0 Å². The first kappa shape index (κ1) is 14.8. The zero-order chi connectivity index (χ0) is 14.5. The number of aliphatic hydroxyl groups is 1. The van der Waals surface area contributed by atoms with Crippen LogP contribution in [0.15, 0.2) is 24.3 Å². The predicted molar refractivity (Wildman–Crippen MR) is 75.6 cm³/mol. The van der Waals surface area contributed by atoms with Crippen LogP contribution in [0.3, 0.4) is 0 Å². The number of likely N-dealkylation sites (tertiary alicyclic amines) is 1. The highest BCUT2D eigenvalue weighted by molar-refractivity contribution is 6.30. The Kier molecular flexibility index (Phi) is 4.98. The molecule has 108 valence electrons. The molecule has 1 heterocycles. The van der Waals surface area contributed by atoms with E-state index in [9.17, 15) is 9.59 Å². The van der Waals surface area contributed by atoms with Crippen LogP contribution < -0.4 is 5.32 Å². The van der Waals surface area contributed by atoms with Crippen molar-refractivity contribution in [2.75, 3.05) is 19.6 Å². The van der Waals surface area contributed by atoms with E-state index in [4.69, 9.17) is 16.7 Å². The van der Waals surface area contributed by atoms with Crippen molar-refractivity contribution in [1.82, 2.24) is 10.2 Å². The van der Waals surface area contributed by atoms with Crippen LogP contribution in [0.4, 0.5) is 0 Å². The largest absolute Gasteiger partial charge is 0.389 e. The summed E-state index contributed by atoms with van der Waals surface area (Å²) in [6.45, 7) is 1.30. The molecule has 1 aromatic rings. The van der Waals surface area contributed by atoms with Crippen LogP contribution in [0.2, 0.25) is 5.02 Å². The lowest BCUT2D eigenvalue weighted by Gasteiger charge is -2.35. The Balaban J connectivity index is 1.64. The molecule has 0 bridgehead atoms. The van der Waals surface area contributed by atoms with Gasteiger partial charge < -0.3 is 15.3 Å². The third kappa shape index (κ3) is 3.95. The van der Waals surface area contributed by atoms with Gasteiger partial charge in [0, 0.05) is 36.6 Å². The molecule has 2 rings (SSSR count). The molecule has 2 N–H and O–H groups in total. The third-order valence-corrected chi connectivity index (χ3v) is 3.43. The Hall–Kier alpha value is -1.59. The normalized spacial score (nSPS) is 14.8. The highest BCUT2D eigenvalue weighted by Gasteiger charge is 2.27. The van der Waals surface area contributed by atoms with E-state index in [2.05, 4.69) is 5.32 Å². The topological polar surface area (TPSA) is 69.6 Å². The van der Waals surface area contributed by atoms with E-state index in [0.717, 1.165) is 0 Å². The molecular weight excluding hydrogens is 280 g/mol. The van der Waals surface area contributed by atoms with Gasteiger partial charge in [0.05, 0.1) is 6.10 Å². The Morgan fingerprint density at radius 3 is 2.55 bits per heavy atom. The second kappa shape index (κ2) is 6.72. The van der Waals surface area contributed by atoms with Gasteiger partial charge in [0.25, 0.3) is 5.91 Å². The minimum absolute atomic E-state index is 0.0241. The molecule has 1 saturated heterocycles. The smallest absolute Gasteiger partial charge is 0.251 e. The van der Waals surface area contributed by atoms with E-state index >= 15 is 0 Å². The second-order valence-electron chi connectivity index (χ2n) is 4.82. The van der Waals surface area contributed by atoms with E-state index in [1.54, 1.807) is 29.2 Å². The second-order valence-corrected chi connectivity index (χ2v) is 5.26. The molecule has 0 atom stereocenters. The Morgan fingerprint density at radius 2 is 1.95 bits per heavy atom. The van der Waals surface area contributed by atoms with Crippen LogP contribution >= 0.6 is 11.6 Å². The summed E-state index contributed by atoms with van der Waals surface area (Å²) in [5.41, 5.74) is 0.548. The van der Waals surface area contributed by atoms with E-state index in [-0.39, 0.29) is 17.9 Å². The van der Waals surface area contributed by atoms with Crippen LogP contribution in [0.25, 0.3) is 0 Å². The molecule has 1 aromatic carbocycles. The molecule has 6 heteroatoms. The summed E-state index contributed by atoms with van der Waals surface area (Å²) in [6.07, 6.45) is 0.599. The summed E-state index contributed by atoms with van der Waals surface area (Å²) in [5.74, 6) is -0.149. The number of nitrogens with one attached hydrogen (secondary N) is 1. The first-order valence-corrected chi connectivity index (χ1v) is 6.93. The van der Waals surface area contributed by atoms with Crippen molar-refractivity contribution >= 4 is 23.4 Å². The number of halogens is 1. The molecule has 5 nitrogen and oxygen atoms in total. The highest BCUT2D eigenvalue weighted by atomic mass is 35.5. The van der Waals surface area contributed by atoms with Gasteiger partial charge in [-0.15, -0.1) is 0 Å². The lowest BCUT2D eigenvalue weighted by molar-refractivity contribution is -0.141. The summed E-state index contributed by atoms with van der Waals surface area (Å²) in [5, 5.41) is 12.4. The van der Waals surface area contributed by atoms with Crippen LogP contribution in [0.1, 0.15) is 23.2 Å². The predicted octanol–water partition coefficient (Wildman–Crippen LogP) is 1.05. The number of β-amino-alcohol motifs (C(OH)–C–C–N with tert-alkyl or cyclic N) is 1. The molecular formula is C14H17ClN2O3. The number of hydrogen-bond donors (Lipinski definition) is 2. The molecule has 1 fully saturated rings. The van der Waals surface area contributed by atoms with Crippen molar-refractivity contribution in [3.05, 3.63) is 34.9 Å². The Morgan fingerprint density at radius 1 is 1.30 bits per heavy atom. The van der Waals surface area contributed by atoms with Crippen molar-refractivity contribution in [3.63, 3.8) is 0 Å². The fourth-order valence-electron chi connectivity index (χ4n) is 1.96. The average Bonchev–Trinajstić information content (AvgIpc) is 2.40. The van der Waals surface area contributed by atoms with Crippen LogP contribution in [0, 0.1) is 0 Å². The van der Waals surface area contributed by atoms with Gasteiger partial charge in [-0.25, -0.2) is 0 Å². The molecule has 0 spiro atoms. The number of amides is 2. The molecule has 2 amide bonds. The number of benzene rings is 1. The first-order chi connectivity index (χ1) is 9.56. The van der Waals surface area contributed by atoms with Crippen LogP contribution in [-0.2, 0) is 4.79 Å². The first-order valence-electron chi connectivity index (χ1n) is 6.56. The summed E-state index contributed by atoms with van der Waals surface area (Å²) >= 11 is 5.75. The van der Waals surface area contributed by atoms with E-state index < -0.39 is 0 Å². The summed E-state index contributed by atoms with van der Waals surface area (Å²) in [6, 6.07) is 6.64. The Bertz CT molecular complexity index is 484. The zero-order valence-electron chi connectivity index (χ0n) is 11.0. The molecule has 0 radical (unpaired) electrons. The van der Waals surface area contributed by atoms with E-state index in [1.807, 2.05) is 0 Å². The number of nitrogens with zero attached hydrogens (tertiary/aromatic N) is 1. The lowest BCUT2D eigenvalue weighted by Crippen LogP contribution is -2.53. The highest BCUT2D eigenvalue weighted by Crippen LogP contribution is 2.10. The van der Waals surface area contributed by atoms with Crippen molar-refractivity contribution in [2.24, 2.45) is 0 Å². The van der Waals surface area contributed by atoms with Gasteiger partial charge in [0.1, 0.15) is 0 Å². The van der Waals surface area contributed by atoms with E-state index in [1.165, 1.54) is 0 Å². The molecule has 0 aromatic heterocycles. The maximum Gasteiger partial charge on any atom is 0.251 e. The van der Waals surface area contributed by atoms with Gasteiger partial charge in [-0.1, -0.05) is 11.6 Å². The third-order valence-electron chi connectivity index (χ3n) is 3.17. The summed E-state index contributed by atoms with van der Waals surface area (Å²) in [7, 11) is 0. The van der Waals surface area contributed by atoms with Gasteiger partial charge in [-0.2, -0.15) is 0 Å². The van der Waals surface area contributed by atoms with Gasteiger partial charge in [0.2, 0.25) is 5.91 Å². The minimum Gasteiger partial charge on any atom is -0.389 e. The minimum atomic E-state index is -0.372. The number of hydrogen-bond acceptors (Lipinski definition) is 3. The van der Waals surface area contributed by atoms with Gasteiger partial charge in [-0.3, -0.25) is 9.59 Å². The number of rotatable bonds is 5. The standard InChI is InChI=1S/C14H17ClN2O3/c15-11-5-3-10(4-6-11)14(20)16-7-1-2-13(19)17-8-12(18)9-17/h3-6,12,18H,1-2,7-9H2,(H,16,20). The van der Waals surface area contributed by atoms with Gasteiger partial charge in [-0.05, 0) is 30.7 Å². The molecule has 0 aliphatic carbocycles. The summed E-state index contributed by atoms with van der Waals surface area (Å²) < 4.78 is 0. The SMILES string of the molecule is O=C(NCCCC(=O)N1CC(O)C1)c1ccc(Cl)cc1.